The third kappa shape index (κ3) is 3.16. The van der Waals surface area contributed by atoms with Crippen LogP contribution in [-0.2, 0) is 13.6 Å². The Balaban J connectivity index is 1.68. The minimum absolute atomic E-state index is 0.779. The van der Waals surface area contributed by atoms with Gasteiger partial charge in [0, 0.05) is 7.05 Å². The van der Waals surface area contributed by atoms with Crippen molar-refractivity contribution in [2.24, 2.45) is 13.0 Å². The molecular formula is C11H18N4. The highest BCUT2D eigenvalue weighted by Gasteiger charge is 2.09. The van der Waals surface area contributed by atoms with Crippen molar-refractivity contribution >= 4 is 0 Å². The Kier molecular flexibility index (Phi) is 3.50. The fourth-order valence-electron chi connectivity index (χ4n) is 1.89. The molecule has 0 amide bonds. The predicted octanol–water partition coefficient (Wildman–Crippen LogP) is 1.26. The van der Waals surface area contributed by atoms with Crippen molar-refractivity contribution < 1.29 is 0 Å². The first-order chi connectivity index (χ1) is 7.34. The molecular weight excluding hydrogens is 188 g/mol. The molecule has 15 heavy (non-hydrogen) atoms. The summed E-state index contributed by atoms with van der Waals surface area (Å²) < 4.78 is 1.74. The van der Waals surface area contributed by atoms with Crippen molar-refractivity contribution in [3.8, 4) is 0 Å². The second-order valence-corrected chi connectivity index (χ2v) is 4.12. The molecule has 1 aliphatic carbocycles. The molecule has 4 nitrogen and oxygen atoms in total. The Morgan fingerprint density at radius 1 is 1.53 bits per heavy atom. The van der Waals surface area contributed by atoms with E-state index >= 15 is 0 Å². The van der Waals surface area contributed by atoms with Gasteiger partial charge in [0.15, 0.2) is 5.82 Å². The molecule has 1 aromatic rings. The molecule has 0 saturated carbocycles. The van der Waals surface area contributed by atoms with E-state index < -0.39 is 0 Å². The fraction of sp³-hybridized carbons (Fsp3) is 0.636. The normalized spacial score (nSPS) is 20.7. The zero-order valence-electron chi connectivity index (χ0n) is 9.19. The Morgan fingerprint density at radius 3 is 3.13 bits per heavy atom. The summed E-state index contributed by atoms with van der Waals surface area (Å²) in [6.07, 6.45) is 10.0. The molecule has 2 rings (SSSR count). The lowest BCUT2D eigenvalue weighted by molar-refractivity contribution is 0.437. The molecule has 0 aromatic carbocycles. The molecule has 0 fully saturated rings. The first kappa shape index (κ1) is 10.4. The van der Waals surface area contributed by atoms with Crippen LogP contribution >= 0.6 is 0 Å². The molecule has 1 unspecified atom stereocenters. The van der Waals surface area contributed by atoms with Crippen LogP contribution in [0.15, 0.2) is 18.5 Å². The van der Waals surface area contributed by atoms with Crippen molar-refractivity contribution in [1.29, 1.82) is 0 Å². The van der Waals surface area contributed by atoms with Gasteiger partial charge in [0.2, 0.25) is 0 Å². The smallest absolute Gasteiger partial charge is 0.164 e. The highest BCUT2D eigenvalue weighted by atomic mass is 15.3. The van der Waals surface area contributed by atoms with Crippen LogP contribution in [0.25, 0.3) is 0 Å². The number of rotatable bonds is 4. The first-order valence-electron chi connectivity index (χ1n) is 5.55. The number of aryl methyl sites for hydroxylation is 1. The summed E-state index contributed by atoms with van der Waals surface area (Å²) in [5.41, 5.74) is 0. The van der Waals surface area contributed by atoms with Gasteiger partial charge in [-0.2, -0.15) is 5.10 Å². The largest absolute Gasteiger partial charge is 0.309 e. The van der Waals surface area contributed by atoms with Crippen LogP contribution in [0.5, 0.6) is 0 Å². The molecule has 0 aliphatic heterocycles. The third-order valence-corrected chi connectivity index (χ3v) is 2.74. The Labute approximate surface area is 90.4 Å². The van der Waals surface area contributed by atoms with E-state index in [4.69, 9.17) is 0 Å². The fourth-order valence-corrected chi connectivity index (χ4v) is 1.89. The van der Waals surface area contributed by atoms with Gasteiger partial charge in [0.05, 0.1) is 6.54 Å². The van der Waals surface area contributed by atoms with Crippen molar-refractivity contribution in [1.82, 2.24) is 20.1 Å². The lowest BCUT2D eigenvalue weighted by Gasteiger charge is -2.17. The second-order valence-electron chi connectivity index (χ2n) is 4.12. The summed E-state index contributed by atoms with van der Waals surface area (Å²) >= 11 is 0. The molecule has 0 radical (unpaired) electrons. The van der Waals surface area contributed by atoms with Crippen LogP contribution in [-0.4, -0.2) is 21.3 Å². The van der Waals surface area contributed by atoms with E-state index in [1.54, 1.807) is 11.0 Å². The molecule has 82 valence electrons. The van der Waals surface area contributed by atoms with Crippen LogP contribution in [0.2, 0.25) is 0 Å². The van der Waals surface area contributed by atoms with Gasteiger partial charge in [-0.3, -0.25) is 4.68 Å². The van der Waals surface area contributed by atoms with Crippen LogP contribution < -0.4 is 5.32 Å². The quantitative estimate of drug-likeness (QED) is 0.754. The number of hydrogen-bond donors (Lipinski definition) is 1. The second kappa shape index (κ2) is 5.07. The maximum atomic E-state index is 4.22. The highest BCUT2D eigenvalue weighted by molar-refractivity contribution is 4.91. The molecule has 1 atom stereocenters. The molecule has 0 saturated heterocycles. The van der Waals surface area contributed by atoms with Crippen LogP contribution in [0, 0.1) is 5.92 Å². The SMILES string of the molecule is Cn1cnc(CNCC2CC=CCC2)n1. The minimum Gasteiger partial charge on any atom is -0.309 e. The standard InChI is InChI=1S/C11H18N4/c1-15-9-13-11(14-15)8-12-7-10-5-3-2-4-6-10/h2-3,9-10,12H,4-8H2,1H3. The lowest BCUT2D eigenvalue weighted by atomic mass is 9.94. The average molecular weight is 206 g/mol. The summed E-state index contributed by atoms with van der Waals surface area (Å²) in [5, 5.41) is 7.63. The van der Waals surface area contributed by atoms with E-state index in [0.717, 1.165) is 24.8 Å². The van der Waals surface area contributed by atoms with Gasteiger partial charge in [-0.25, -0.2) is 4.98 Å². The molecule has 0 bridgehead atoms. The van der Waals surface area contributed by atoms with E-state index in [0.29, 0.717) is 0 Å². The number of allylic oxidation sites excluding steroid dienone is 2. The molecule has 0 spiro atoms. The summed E-state index contributed by atoms with van der Waals surface area (Å²) in [5.74, 6) is 1.67. The predicted molar refractivity (Wildman–Crippen MR) is 59.2 cm³/mol. The van der Waals surface area contributed by atoms with Gasteiger partial charge < -0.3 is 5.32 Å². The number of nitrogens with zero attached hydrogens (tertiary/aromatic N) is 3. The van der Waals surface area contributed by atoms with Crippen LogP contribution in [0.4, 0.5) is 0 Å². The number of aromatic nitrogens is 3. The monoisotopic (exact) mass is 206 g/mol. The Bertz CT molecular complexity index is 329. The van der Waals surface area contributed by atoms with E-state index in [1.165, 1.54) is 19.3 Å². The van der Waals surface area contributed by atoms with Crippen molar-refractivity contribution in [3.63, 3.8) is 0 Å². The van der Waals surface area contributed by atoms with Crippen molar-refractivity contribution in [2.45, 2.75) is 25.8 Å². The summed E-state index contributed by atoms with van der Waals surface area (Å²) in [7, 11) is 1.89. The third-order valence-electron chi connectivity index (χ3n) is 2.74. The molecule has 1 aliphatic rings. The van der Waals surface area contributed by atoms with Gasteiger partial charge >= 0.3 is 0 Å². The van der Waals surface area contributed by atoms with E-state index in [9.17, 15) is 0 Å². The van der Waals surface area contributed by atoms with Gasteiger partial charge in [-0.05, 0) is 31.7 Å². The molecule has 1 aromatic heterocycles. The van der Waals surface area contributed by atoms with Gasteiger partial charge in [0.1, 0.15) is 6.33 Å². The average Bonchev–Trinajstić information content (AvgIpc) is 2.66. The van der Waals surface area contributed by atoms with Crippen molar-refractivity contribution in [3.05, 3.63) is 24.3 Å². The maximum Gasteiger partial charge on any atom is 0.164 e. The summed E-state index contributed by atoms with van der Waals surface area (Å²) in [4.78, 5) is 4.17. The Morgan fingerprint density at radius 2 is 2.47 bits per heavy atom. The zero-order chi connectivity index (χ0) is 10.5. The van der Waals surface area contributed by atoms with Gasteiger partial charge in [-0.15, -0.1) is 0 Å². The van der Waals surface area contributed by atoms with E-state index in [-0.39, 0.29) is 0 Å². The van der Waals surface area contributed by atoms with E-state index in [2.05, 4.69) is 27.6 Å². The van der Waals surface area contributed by atoms with Gasteiger partial charge in [0.25, 0.3) is 0 Å². The molecule has 1 heterocycles. The first-order valence-corrected chi connectivity index (χ1v) is 5.55. The molecule has 1 N–H and O–H groups in total. The lowest BCUT2D eigenvalue weighted by Crippen LogP contribution is -2.23. The van der Waals surface area contributed by atoms with Gasteiger partial charge in [-0.1, -0.05) is 12.2 Å². The number of hydrogen-bond acceptors (Lipinski definition) is 3. The number of nitrogens with one attached hydrogen (secondary N) is 1. The van der Waals surface area contributed by atoms with Crippen LogP contribution in [0.3, 0.4) is 0 Å². The topological polar surface area (TPSA) is 42.7 Å². The van der Waals surface area contributed by atoms with Crippen LogP contribution in [0.1, 0.15) is 25.1 Å². The van der Waals surface area contributed by atoms with E-state index in [1.807, 2.05) is 7.05 Å². The molecule has 4 heteroatoms. The zero-order valence-corrected chi connectivity index (χ0v) is 9.19. The maximum absolute atomic E-state index is 4.22. The summed E-state index contributed by atoms with van der Waals surface area (Å²) in [6.45, 7) is 1.85. The Hall–Kier alpha value is -1.16. The van der Waals surface area contributed by atoms with Crippen molar-refractivity contribution in [2.75, 3.05) is 6.54 Å². The minimum atomic E-state index is 0.779. The highest BCUT2D eigenvalue weighted by Crippen LogP contribution is 2.16. The summed E-state index contributed by atoms with van der Waals surface area (Å²) in [6, 6.07) is 0.